The van der Waals surface area contributed by atoms with Crippen molar-refractivity contribution in [1.29, 1.82) is 0 Å². The third-order valence-corrected chi connectivity index (χ3v) is 6.82. The smallest absolute Gasteiger partial charge is 0.264 e. The summed E-state index contributed by atoms with van der Waals surface area (Å²) in [6.07, 6.45) is -2.19. The Kier molecular flexibility index (Phi) is 8.05. The van der Waals surface area contributed by atoms with Crippen LogP contribution in [0.1, 0.15) is 39.6 Å². The molecule has 1 aliphatic heterocycles. The predicted molar refractivity (Wildman–Crippen MR) is 139 cm³/mol. The number of amides is 2. The molecule has 0 saturated carbocycles. The molecule has 1 aromatic heterocycles. The Hall–Kier alpha value is -4.19. The Morgan fingerprint density at radius 2 is 1.77 bits per heavy atom. The maximum absolute atomic E-state index is 15.6. The Morgan fingerprint density at radius 1 is 1.03 bits per heavy atom. The van der Waals surface area contributed by atoms with Gasteiger partial charge < -0.3 is 25.4 Å². The Morgan fingerprint density at radius 3 is 2.44 bits per heavy atom. The molecular weight excluding hydrogens is 518 g/mol. The van der Waals surface area contributed by atoms with E-state index in [0.717, 1.165) is 12.3 Å². The molecule has 3 N–H and O–H groups in total. The number of nitrogens with one attached hydrogen (secondary N) is 3. The first kappa shape index (κ1) is 27.8. The molecule has 4 rings (SSSR count). The van der Waals surface area contributed by atoms with Crippen LogP contribution in [-0.4, -0.2) is 61.5 Å². The average molecular weight is 546 g/mol. The van der Waals surface area contributed by atoms with Crippen molar-refractivity contribution < 1.29 is 27.2 Å². The minimum absolute atomic E-state index is 0.0445. The summed E-state index contributed by atoms with van der Waals surface area (Å²) in [6, 6.07) is 6.79. The van der Waals surface area contributed by atoms with Gasteiger partial charge >= 0.3 is 0 Å². The monoisotopic (exact) mass is 545 g/mol. The summed E-state index contributed by atoms with van der Waals surface area (Å²) in [5.74, 6) is -3.13. The first-order valence-electron chi connectivity index (χ1n) is 12.1. The number of anilines is 2. The van der Waals surface area contributed by atoms with Crippen molar-refractivity contribution >= 4 is 23.2 Å². The minimum Gasteiger partial charge on any atom is -0.367 e. The number of benzene rings is 2. The van der Waals surface area contributed by atoms with Gasteiger partial charge in [0.05, 0.1) is 22.5 Å². The summed E-state index contributed by atoms with van der Waals surface area (Å²) in [5, 5.41) is 4.91. The number of hydrogen-bond donors (Lipinski definition) is 3. The normalized spacial score (nSPS) is 15.9. The van der Waals surface area contributed by atoms with E-state index in [2.05, 4.69) is 20.5 Å². The van der Waals surface area contributed by atoms with E-state index in [1.807, 2.05) is 18.9 Å². The molecule has 206 valence electrons. The minimum atomic E-state index is -3.09. The lowest BCUT2D eigenvalue weighted by Gasteiger charge is -2.39. The Bertz CT molecular complexity index is 1480. The lowest BCUT2D eigenvalue weighted by molar-refractivity contribution is 0.0958. The highest BCUT2D eigenvalue weighted by molar-refractivity contribution is 6.07. The molecule has 1 atom stereocenters. The fourth-order valence-corrected chi connectivity index (χ4v) is 4.47. The number of aromatic nitrogens is 1. The van der Waals surface area contributed by atoms with E-state index >= 15 is 4.39 Å². The number of aromatic amines is 1. The van der Waals surface area contributed by atoms with E-state index in [1.54, 1.807) is 0 Å². The summed E-state index contributed by atoms with van der Waals surface area (Å²) in [7, 11) is 3.29. The largest absolute Gasteiger partial charge is 0.367 e. The van der Waals surface area contributed by atoms with Crippen molar-refractivity contribution in [3.8, 4) is 11.1 Å². The van der Waals surface area contributed by atoms with Crippen molar-refractivity contribution in [2.75, 3.05) is 43.9 Å². The van der Waals surface area contributed by atoms with Crippen LogP contribution in [0.2, 0.25) is 0 Å². The van der Waals surface area contributed by atoms with Gasteiger partial charge in [0.1, 0.15) is 11.6 Å². The second-order valence-electron chi connectivity index (χ2n) is 9.32. The molecule has 1 aliphatic rings. The molecule has 2 aromatic carbocycles. The van der Waals surface area contributed by atoms with Crippen molar-refractivity contribution in [1.82, 2.24) is 15.2 Å². The average Bonchev–Trinajstić information content (AvgIpc) is 2.90. The number of H-pyrrole nitrogens is 1. The molecule has 8 nitrogen and oxygen atoms in total. The highest BCUT2D eigenvalue weighted by atomic mass is 19.3. The van der Waals surface area contributed by atoms with Crippen LogP contribution in [0.3, 0.4) is 0 Å². The number of piperazine rings is 1. The Balaban J connectivity index is 1.83. The fraction of sp³-hybridized carbons (Fsp3) is 0.296. The van der Waals surface area contributed by atoms with E-state index in [-0.39, 0.29) is 28.4 Å². The molecule has 3 aromatic rings. The zero-order valence-corrected chi connectivity index (χ0v) is 21.4. The maximum Gasteiger partial charge on any atom is 0.264 e. The summed E-state index contributed by atoms with van der Waals surface area (Å²) < 4.78 is 57.0. The van der Waals surface area contributed by atoms with Crippen LogP contribution in [0.4, 0.5) is 28.9 Å². The second kappa shape index (κ2) is 11.3. The summed E-state index contributed by atoms with van der Waals surface area (Å²) in [6.45, 7) is 3.64. The van der Waals surface area contributed by atoms with Crippen molar-refractivity contribution in [3.05, 3.63) is 81.3 Å². The standard InChI is InChI=1S/C27H27F4N5O3/c1-14-13-36(7-6-35(14)3)23-11-21(29)16(15-4-5-20(28)18(8-15)26(38)32-2)9-22(23)34-27(39)19-12-33-24(37)10-17(19)25(30)31/h4-5,8-12,14,25H,6-7,13H2,1-3H3,(H,32,38)(H,33,37)(H,34,39). The van der Waals surface area contributed by atoms with E-state index in [1.165, 1.54) is 31.3 Å². The van der Waals surface area contributed by atoms with Gasteiger partial charge in [0, 0.05) is 56.1 Å². The number of halogens is 4. The summed E-state index contributed by atoms with van der Waals surface area (Å²) >= 11 is 0. The third kappa shape index (κ3) is 5.80. The number of carbonyl (C=O) groups excluding carboxylic acids is 2. The zero-order valence-electron chi connectivity index (χ0n) is 21.4. The van der Waals surface area contributed by atoms with Gasteiger partial charge in [-0.1, -0.05) is 6.07 Å². The SMILES string of the molecule is CNC(=O)c1cc(-c2cc(NC(=O)c3c[nH]c(=O)cc3C(F)F)c(N3CCN(C)C(C)C3)cc2F)ccc1F. The van der Waals surface area contributed by atoms with Gasteiger partial charge in [-0.15, -0.1) is 0 Å². The van der Waals surface area contributed by atoms with Crippen molar-refractivity contribution in [3.63, 3.8) is 0 Å². The topological polar surface area (TPSA) is 97.5 Å². The number of alkyl halides is 2. The van der Waals surface area contributed by atoms with Crippen LogP contribution in [0, 0.1) is 11.6 Å². The van der Waals surface area contributed by atoms with Crippen LogP contribution < -0.4 is 21.1 Å². The number of hydrogen-bond acceptors (Lipinski definition) is 5. The number of nitrogens with zero attached hydrogens (tertiary/aromatic N) is 2. The Labute approximate surface area is 221 Å². The molecule has 0 aliphatic carbocycles. The molecule has 2 heterocycles. The molecule has 39 heavy (non-hydrogen) atoms. The zero-order chi connectivity index (χ0) is 28.4. The molecule has 0 spiro atoms. The maximum atomic E-state index is 15.6. The van der Waals surface area contributed by atoms with E-state index < -0.39 is 46.6 Å². The van der Waals surface area contributed by atoms with Crippen LogP contribution in [0.5, 0.6) is 0 Å². The molecule has 2 amide bonds. The van der Waals surface area contributed by atoms with Gasteiger partial charge in [0.25, 0.3) is 18.2 Å². The molecule has 0 bridgehead atoms. The second-order valence-corrected chi connectivity index (χ2v) is 9.32. The van der Waals surface area contributed by atoms with E-state index in [0.29, 0.717) is 31.4 Å². The summed E-state index contributed by atoms with van der Waals surface area (Å²) in [4.78, 5) is 43.1. The third-order valence-electron chi connectivity index (χ3n) is 6.82. The lowest BCUT2D eigenvalue weighted by atomic mass is 9.99. The highest BCUT2D eigenvalue weighted by Gasteiger charge is 2.26. The fourth-order valence-electron chi connectivity index (χ4n) is 4.47. The van der Waals surface area contributed by atoms with Gasteiger partial charge in [-0.3, -0.25) is 14.4 Å². The van der Waals surface area contributed by atoms with E-state index in [9.17, 15) is 27.6 Å². The molecule has 1 saturated heterocycles. The highest BCUT2D eigenvalue weighted by Crippen LogP contribution is 2.36. The van der Waals surface area contributed by atoms with Crippen LogP contribution in [0.15, 0.2) is 47.4 Å². The number of likely N-dealkylation sites (N-methyl/N-ethyl adjacent to an activating group) is 1. The van der Waals surface area contributed by atoms with Gasteiger partial charge in [0.15, 0.2) is 0 Å². The molecule has 12 heteroatoms. The number of carbonyl (C=O) groups is 2. The van der Waals surface area contributed by atoms with Gasteiger partial charge in [-0.05, 0) is 43.8 Å². The molecule has 0 radical (unpaired) electrons. The number of pyridine rings is 1. The van der Waals surface area contributed by atoms with Crippen LogP contribution in [-0.2, 0) is 0 Å². The van der Waals surface area contributed by atoms with Crippen LogP contribution in [0.25, 0.3) is 11.1 Å². The van der Waals surface area contributed by atoms with Crippen molar-refractivity contribution in [2.45, 2.75) is 19.4 Å². The summed E-state index contributed by atoms with van der Waals surface area (Å²) in [5.41, 5.74) is -1.73. The van der Waals surface area contributed by atoms with Gasteiger partial charge in [0.2, 0.25) is 5.56 Å². The quantitative estimate of drug-likeness (QED) is 0.407. The molecular formula is C27H27F4N5O3. The molecule has 1 unspecified atom stereocenters. The first-order valence-corrected chi connectivity index (χ1v) is 12.1. The molecule has 1 fully saturated rings. The predicted octanol–water partition coefficient (Wildman–Crippen LogP) is 4.01. The van der Waals surface area contributed by atoms with E-state index in [4.69, 9.17) is 0 Å². The first-order chi connectivity index (χ1) is 18.5. The lowest BCUT2D eigenvalue weighted by Crippen LogP contribution is -2.50. The van der Waals surface area contributed by atoms with Gasteiger partial charge in [-0.25, -0.2) is 17.6 Å². The van der Waals surface area contributed by atoms with Crippen LogP contribution >= 0.6 is 0 Å². The number of rotatable bonds is 6. The van der Waals surface area contributed by atoms with Gasteiger partial charge in [-0.2, -0.15) is 0 Å². The van der Waals surface area contributed by atoms with Crippen molar-refractivity contribution in [2.24, 2.45) is 0 Å².